The number of carbonyl (C=O) groups is 1. The molecule has 3 heterocycles. The Kier molecular flexibility index (Phi) is 5.45. The Morgan fingerprint density at radius 1 is 1.15 bits per heavy atom. The van der Waals surface area contributed by atoms with E-state index in [-0.39, 0.29) is 17.3 Å². The van der Waals surface area contributed by atoms with Gasteiger partial charge in [0.1, 0.15) is 22.6 Å². The van der Waals surface area contributed by atoms with Crippen LogP contribution in [0.1, 0.15) is 20.8 Å². The predicted molar refractivity (Wildman–Crippen MR) is 131 cm³/mol. The molecule has 0 saturated heterocycles. The van der Waals surface area contributed by atoms with Crippen LogP contribution in [0.15, 0.2) is 71.1 Å². The molecule has 0 atom stereocenters. The second-order valence-electron chi connectivity index (χ2n) is 7.24. The van der Waals surface area contributed by atoms with E-state index in [1.807, 2.05) is 66.0 Å². The van der Waals surface area contributed by atoms with Gasteiger partial charge in [0.05, 0.1) is 30.9 Å². The number of rotatable bonds is 6. The normalized spacial score (nSPS) is 11.4. The Balaban J connectivity index is 1.61. The first kappa shape index (κ1) is 20.7. The predicted octanol–water partition coefficient (Wildman–Crippen LogP) is 4.05. The van der Waals surface area contributed by atoms with Crippen LogP contribution < -0.4 is 15.8 Å². The van der Waals surface area contributed by atoms with Gasteiger partial charge in [-0.1, -0.05) is 30.3 Å². The fraction of sp³-hybridized carbons (Fsp3) is 0.0833. The van der Waals surface area contributed by atoms with E-state index in [9.17, 15) is 4.79 Å². The van der Waals surface area contributed by atoms with Gasteiger partial charge in [0.2, 0.25) is 0 Å². The van der Waals surface area contributed by atoms with E-state index in [2.05, 4.69) is 10.4 Å². The van der Waals surface area contributed by atoms with E-state index >= 15 is 0 Å². The van der Waals surface area contributed by atoms with E-state index < -0.39 is 0 Å². The molecule has 5 rings (SSSR count). The molecule has 5 aromatic rings. The molecule has 164 valence electrons. The lowest BCUT2D eigenvalue weighted by Crippen LogP contribution is -2.23. The van der Waals surface area contributed by atoms with Crippen molar-refractivity contribution in [3.8, 4) is 5.75 Å². The van der Waals surface area contributed by atoms with Gasteiger partial charge in [-0.3, -0.25) is 4.79 Å². The molecule has 0 radical (unpaired) electrons. The SMILES string of the molecule is COc1cccc(C=Nn2c(N)c(C(=O)NCc3cccs3)c3nc4ccccc4nc32)c1. The molecule has 0 spiro atoms. The number of benzene rings is 2. The minimum atomic E-state index is -0.328. The largest absolute Gasteiger partial charge is 0.497 e. The molecule has 3 N–H and O–H groups in total. The first-order valence-corrected chi connectivity index (χ1v) is 11.1. The lowest BCUT2D eigenvalue weighted by molar-refractivity contribution is 0.0953. The molecule has 33 heavy (non-hydrogen) atoms. The molecule has 0 aliphatic rings. The number of fused-ring (bicyclic) bond motifs is 2. The number of methoxy groups -OCH3 is 1. The molecule has 9 heteroatoms. The molecule has 0 aliphatic heterocycles. The maximum Gasteiger partial charge on any atom is 0.257 e. The number of nitrogens with one attached hydrogen (secondary N) is 1. The molecule has 3 aromatic heterocycles. The number of anilines is 1. The highest BCUT2D eigenvalue weighted by Crippen LogP contribution is 2.28. The Morgan fingerprint density at radius 2 is 1.97 bits per heavy atom. The van der Waals surface area contributed by atoms with Crippen LogP contribution >= 0.6 is 11.3 Å². The topological polar surface area (TPSA) is 107 Å². The third-order valence-corrected chi connectivity index (χ3v) is 6.00. The summed E-state index contributed by atoms with van der Waals surface area (Å²) in [7, 11) is 1.61. The lowest BCUT2D eigenvalue weighted by Gasteiger charge is -2.04. The molecule has 0 aliphatic carbocycles. The number of para-hydroxylation sites is 2. The molecule has 0 unspecified atom stereocenters. The number of ether oxygens (including phenoxy) is 1. The van der Waals surface area contributed by atoms with Crippen LogP contribution in [-0.2, 0) is 6.54 Å². The zero-order valence-electron chi connectivity index (χ0n) is 17.7. The number of amides is 1. The highest BCUT2D eigenvalue weighted by molar-refractivity contribution is 7.09. The van der Waals surface area contributed by atoms with Gasteiger partial charge < -0.3 is 15.8 Å². The Morgan fingerprint density at radius 3 is 2.73 bits per heavy atom. The molecule has 0 saturated carbocycles. The van der Waals surface area contributed by atoms with Crippen molar-refractivity contribution in [1.82, 2.24) is 20.0 Å². The van der Waals surface area contributed by atoms with Gasteiger partial charge in [-0.05, 0) is 41.3 Å². The molecule has 8 nitrogen and oxygen atoms in total. The van der Waals surface area contributed by atoms with E-state index in [0.717, 1.165) is 10.4 Å². The Labute approximate surface area is 193 Å². The van der Waals surface area contributed by atoms with Crippen LogP contribution in [-0.4, -0.2) is 33.9 Å². The van der Waals surface area contributed by atoms with E-state index in [1.54, 1.807) is 24.7 Å². The zero-order chi connectivity index (χ0) is 22.8. The molecular weight excluding hydrogens is 436 g/mol. The van der Waals surface area contributed by atoms with Crippen molar-refractivity contribution in [2.75, 3.05) is 12.8 Å². The van der Waals surface area contributed by atoms with Crippen molar-refractivity contribution in [1.29, 1.82) is 0 Å². The standard InChI is InChI=1S/C24H20N6O2S/c1-32-16-7-4-6-15(12-16)13-27-30-22(25)20(24(31)26-14-17-8-5-11-33-17)21-23(30)29-19-10-3-2-9-18(19)28-21/h2-13H,14,25H2,1H3,(H,26,31). The van der Waals surface area contributed by atoms with Crippen LogP contribution in [0.3, 0.4) is 0 Å². The van der Waals surface area contributed by atoms with E-state index in [1.165, 1.54) is 4.68 Å². The van der Waals surface area contributed by atoms with Crippen LogP contribution in [0.2, 0.25) is 0 Å². The molecule has 0 fully saturated rings. The van der Waals surface area contributed by atoms with Gasteiger partial charge in [-0.15, -0.1) is 11.3 Å². The summed E-state index contributed by atoms with van der Waals surface area (Å²) in [5, 5.41) is 9.42. The first-order chi connectivity index (χ1) is 16.1. The van der Waals surface area contributed by atoms with Crippen LogP contribution in [0.4, 0.5) is 5.82 Å². The van der Waals surface area contributed by atoms with Gasteiger partial charge in [0.25, 0.3) is 5.91 Å². The van der Waals surface area contributed by atoms with Gasteiger partial charge in [-0.25, -0.2) is 9.97 Å². The monoisotopic (exact) mass is 456 g/mol. The van der Waals surface area contributed by atoms with Gasteiger partial charge in [-0.2, -0.15) is 9.78 Å². The smallest absolute Gasteiger partial charge is 0.257 e. The van der Waals surface area contributed by atoms with Gasteiger partial charge >= 0.3 is 0 Å². The van der Waals surface area contributed by atoms with Crippen molar-refractivity contribution in [3.63, 3.8) is 0 Å². The van der Waals surface area contributed by atoms with Crippen LogP contribution in [0.25, 0.3) is 22.2 Å². The highest BCUT2D eigenvalue weighted by Gasteiger charge is 2.24. The average molecular weight is 457 g/mol. The zero-order valence-corrected chi connectivity index (χ0v) is 18.5. The maximum absolute atomic E-state index is 13.1. The van der Waals surface area contributed by atoms with Gasteiger partial charge in [0.15, 0.2) is 5.65 Å². The Hall–Kier alpha value is -4.24. The van der Waals surface area contributed by atoms with Crippen molar-refractivity contribution < 1.29 is 9.53 Å². The third kappa shape index (κ3) is 4.01. The number of nitrogen functional groups attached to an aromatic ring is 1. The summed E-state index contributed by atoms with van der Waals surface area (Å²) in [4.78, 5) is 23.6. The number of aromatic nitrogens is 3. The number of thiophene rings is 1. The second kappa shape index (κ2) is 8.71. The molecule has 2 aromatic carbocycles. The van der Waals surface area contributed by atoms with Crippen molar-refractivity contribution >= 4 is 51.5 Å². The van der Waals surface area contributed by atoms with Crippen molar-refractivity contribution in [2.24, 2.45) is 5.10 Å². The molecular formula is C24H20N6O2S. The minimum absolute atomic E-state index is 0.170. The van der Waals surface area contributed by atoms with Crippen molar-refractivity contribution in [3.05, 3.63) is 82.0 Å². The minimum Gasteiger partial charge on any atom is -0.497 e. The van der Waals surface area contributed by atoms with E-state index in [0.29, 0.717) is 34.5 Å². The first-order valence-electron chi connectivity index (χ1n) is 10.2. The summed E-state index contributed by atoms with van der Waals surface area (Å²) in [6, 6.07) is 18.8. The fourth-order valence-corrected chi connectivity index (χ4v) is 4.15. The number of nitrogens with two attached hydrogens (primary N) is 1. The maximum atomic E-state index is 13.1. The number of nitrogens with zero attached hydrogens (tertiary/aromatic N) is 4. The summed E-state index contributed by atoms with van der Waals surface area (Å²) in [5.74, 6) is 0.553. The summed E-state index contributed by atoms with van der Waals surface area (Å²) in [6.45, 7) is 0.400. The Bertz CT molecular complexity index is 1490. The number of carbonyl (C=O) groups excluding carboxylic acids is 1. The lowest BCUT2D eigenvalue weighted by atomic mass is 10.2. The van der Waals surface area contributed by atoms with Crippen molar-refractivity contribution in [2.45, 2.75) is 6.54 Å². The summed E-state index contributed by atoms with van der Waals surface area (Å²) < 4.78 is 6.73. The van der Waals surface area contributed by atoms with E-state index in [4.69, 9.17) is 20.4 Å². The van der Waals surface area contributed by atoms with Crippen LogP contribution in [0, 0.1) is 0 Å². The molecule has 1 amide bonds. The third-order valence-electron chi connectivity index (χ3n) is 5.12. The fourth-order valence-electron chi connectivity index (χ4n) is 3.50. The van der Waals surface area contributed by atoms with Crippen LogP contribution in [0.5, 0.6) is 5.75 Å². The molecule has 0 bridgehead atoms. The van der Waals surface area contributed by atoms with Gasteiger partial charge in [0, 0.05) is 4.88 Å². The summed E-state index contributed by atoms with van der Waals surface area (Å²) in [6.07, 6.45) is 1.64. The number of hydrogen-bond acceptors (Lipinski definition) is 7. The highest BCUT2D eigenvalue weighted by atomic mass is 32.1. The quantitative estimate of drug-likeness (QED) is 0.375. The average Bonchev–Trinajstić information content (AvgIpc) is 3.45. The second-order valence-corrected chi connectivity index (χ2v) is 8.27. The number of hydrogen-bond donors (Lipinski definition) is 2. The summed E-state index contributed by atoms with van der Waals surface area (Å²) >= 11 is 1.57. The summed E-state index contributed by atoms with van der Waals surface area (Å²) in [5.41, 5.74) is 9.67.